The van der Waals surface area contributed by atoms with E-state index in [-0.39, 0.29) is 18.9 Å². The minimum atomic E-state index is -0.706. The van der Waals surface area contributed by atoms with Gasteiger partial charge in [-0.2, -0.15) is 0 Å². The summed E-state index contributed by atoms with van der Waals surface area (Å²) in [5.41, 5.74) is 0. The van der Waals surface area contributed by atoms with Gasteiger partial charge in [-0.1, -0.05) is 0 Å². The number of amides is 1. The van der Waals surface area contributed by atoms with Crippen LogP contribution in [0, 0.1) is 0 Å². The second-order valence-corrected chi connectivity index (χ2v) is 6.89. The zero-order valence-electron chi connectivity index (χ0n) is 10.8. The number of nitrogens with zero attached hydrogens (tertiary/aromatic N) is 1. The average molecular weight is 360 g/mol. The van der Waals surface area contributed by atoms with Crippen molar-refractivity contribution >= 4 is 45.2 Å². The van der Waals surface area contributed by atoms with Crippen LogP contribution in [0.2, 0.25) is 0 Å². The summed E-state index contributed by atoms with van der Waals surface area (Å²) in [6.07, 6.45) is 2.63. The number of aliphatic hydroxyl groups excluding tert-OH is 1. The third-order valence-corrected chi connectivity index (χ3v) is 4.61. The molecule has 20 heavy (non-hydrogen) atoms. The van der Waals surface area contributed by atoms with Gasteiger partial charge in [-0.05, 0) is 34.1 Å². The normalized spacial score (nSPS) is 22.4. The Kier molecular flexibility index (Phi) is 4.95. The van der Waals surface area contributed by atoms with Gasteiger partial charge in [0.05, 0.1) is 17.0 Å². The molecular weight excluding hydrogens is 346 g/mol. The van der Waals surface area contributed by atoms with Crippen LogP contribution in [0.5, 0.6) is 0 Å². The largest absolute Gasteiger partial charge is 0.467 e. The fourth-order valence-corrected chi connectivity index (χ4v) is 3.41. The van der Waals surface area contributed by atoms with Crippen LogP contribution >= 0.6 is 27.3 Å². The van der Waals surface area contributed by atoms with Crippen LogP contribution in [0.3, 0.4) is 0 Å². The van der Waals surface area contributed by atoms with Gasteiger partial charge in [0.1, 0.15) is 6.04 Å². The molecule has 1 amide bonds. The third-order valence-electron chi connectivity index (χ3n) is 3.02. The summed E-state index contributed by atoms with van der Waals surface area (Å²) in [4.78, 5) is 26.0. The summed E-state index contributed by atoms with van der Waals surface area (Å²) in [6, 6.07) is 3.07. The fourth-order valence-electron chi connectivity index (χ4n) is 2.08. The van der Waals surface area contributed by atoms with Crippen LogP contribution in [-0.2, 0) is 14.3 Å². The maximum Gasteiger partial charge on any atom is 0.328 e. The minimum absolute atomic E-state index is 0.150. The molecule has 1 aliphatic rings. The van der Waals surface area contributed by atoms with Crippen molar-refractivity contribution in [1.82, 2.24) is 4.90 Å². The Morgan fingerprint density at radius 1 is 1.55 bits per heavy atom. The highest BCUT2D eigenvalue weighted by Gasteiger charge is 2.38. The molecule has 0 aromatic carbocycles. The van der Waals surface area contributed by atoms with E-state index in [0.717, 1.165) is 8.66 Å². The summed E-state index contributed by atoms with van der Waals surface area (Å²) >= 11 is 4.85. The van der Waals surface area contributed by atoms with Crippen molar-refractivity contribution in [2.75, 3.05) is 13.7 Å². The number of hydrogen-bond acceptors (Lipinski definition) is 5. The predicted octanol–water partition coefficient (Wildman–Crippen LogP) is 1.66. The lowest BCUT2D eigenvalue weighted by atomic mass is 10.2. The van der Waals surface area contributed by atoms with Crippen molar-refractivity contribution in [1.29, 1.82) is 0 Å². The first-order valence-electron chi connectivity index (χ1n) is 6.01. The van der Waals surface area contributed by atoms with E-state index in [9.17, 15) is 14.7 Å². The first-order chi connectivity index (χ1) is 9.51. The lowest BCUT2D eigenvalue weighted by Crippen LogP contribution is -2.40. The van der Waals surface area contributed by atoms with Crippen LogP contribution in [-0.4, -0.2) is 47.7 Å². The second kappa shape index (κ2) is 6.51. The zero-order chi connectivity index (χ0) is 14.7. The molecule has 2 atom stereocenters. The molecule has 0 radical (unpaired) electrons. The van der Waals surface area contributed by atoms with Crippen molar-refractivity contribution in [2.24, 2.45) is 0 Å². The number of esters is 1. The fraction of sp³-hybridized carbons (Fsp3) is 0.385. The Balaban J connectivity index is 2.07. The van der Waals surface area contributed by atoms with E-state index in [0.29, 0.717) is 0 Å². The summed E-state index contributed by atoms with van der Waals surface area (Å²) in [5.74, 6) is -0.802. The van der Waals surface area contributed by atoms with Crippen LogP contribution in [0.4, 0.5) is 0 Å². The first-order valence-corrected chi connectivity index (χ1v) is 7.62. The molecule has 0 bridgehead atoms. The lowest BCUT2D eigenvalue weighted by Gasteiger charge is -2.20. The molecule has 2 heterocycles. The lowest BCUT2D eigenvalue weighted by molar-refractivity contribution is -0.149. The number of β-amino-alcohol motifs (C(OH)–C–C–N with tert-alkyl or cyclic N) is 1. The molecule has 108 valence electrons. The van der Waals surface area contributed by atoms with Crippen LogP contribution < -0.4 is 0 Å². The van der Waals surface area contributed by atoms with E-state index >= 15 is 0 Å². The molecule has 1 saturated heterocycles. The number of aliphatic hydroxyl groups is 1. The summed E-state index contributed by atoms with van der Waals surface area (Å²) in [7, 11) is 1.27. The topological polar surface area (TPSA) is 66.8 Å². The Labute approximate surface area is 129 Å². The Bertz CT molecular complexity index is 542. The monoisotopic (exact) mass is 359 g/mol. The van der Waals surface area contributed by atoms with Crippen molar-refractivity contribution in [3.05, 3.63) is 26.9 Å². The molecule has 0 saturated carbocycles. The number of carbonyl (C=O) groups excluding carboxylic acids is 2. The molecule has 1 aromatic heterocycles. The molecule has 0 aliphatic carbocycles. The number of carbonyl (C=O) groups is 2. The van der Waals surface area contributed by atoms with E-state index in [4.69, 9.17) is 0 Å². The average Bonchev–Trinajstić information content (AvgIpc) is 3.01. The molecule has 2 rings (SSSR count). The van der Waals surface area contributed by atoms with Crippen molar-refractivity contribution in [3.63, 3.8) is 0 Å². The molecule has 0 spiro atoms. The number of rotatable bonds is 3. The van der Waals surface area contributed by atoms with Gasteiger partial charge >= 0.3 is 5.97 Å². The van der Waals surface area contributed by atoms with Gasteiger partial charge in [0, 0.05) is 23.9 Å². The predicted molar refractivity (Wildman–Crippen MR) is 79.2 cm³/mol. The van der Waals surface area contributed by atoms with Crippen LogP contribution in [0.15, 0.2) is 22.0 Å². The number of hydrogen-bond donors (Lipinski definition) is 1. The minimum Gasteiger partial charge on any atom is -0.467 e. The SMILES string of the molecule is COC(=O)C1CC(O)CN1C(=O)/C=C/c1ccc(Br)s1. The van der Waals surface area contributed by atoms with Gasteiger partial charge in [0.25, 0.3) is 0 Å². The first kappa shape index (κ1) is 15.2. The number of methoxy groups -OCH3 is 1. The highest BCUT2D eigenvalue weighted by molar-refractivity contribution is 9.11. The molecule has 1 fully saturated rings. The molecule has 7 heteroatoms. The Morgan fingerprint density at radius 2 is 2.30 bits per heavy atom. The molecule has 2 unspecified atom stereocenters. The van der Waals surface area contributed by atoms with Crippen LogP contribution in [0.1, 0.15) is 11.3 Å². The maximum absolute atomic E-state index is 12.1. The van der Waals surface area contributed by atoms with Gasteiger partial charge in [-0.3, -0.25) is 4.79 Å². The van der Waals surface area contributed by atoms with E-state index in [1.54, 1.807) is 6.08 Å². The molecule has 1 aliphatic heterocycles. The number of ether oxygens (including phenoxy) is 1. The van der Waals surface area contributed by atoms with E-state index < -0.39 is 18.1 Å². The van der Waals surface area contributed by atoms with Crippen molar-refractivity contribution < 1.29 is 19.4 Å². The van der Waals surface area contributed by atoms with Gasteiger partial charge in [-0.25, -0.2) is 4.79 Å². The molecule has 5 nitrogen and oxygen atoms in total. The molecule has 1 aromatic rings. The molecule has 1 N–H and O–H groups in total. The highest BCUT2D eigenvalue weighted by Crippen LogP contribution is 2.24. The van der Waals surface area contributed by atoms with Gasteiger partial charge in [0.15, 0.2) is 0 Å². The maximum atomic E-state index is 12.1. The number of likely N-dealkylation sites (tertiary alicyclic amines) is 1. The standard InChI is InChI=1S/C13H14BrNO4S/c1-19-13(18)10-6-8(16)7-15(10)12(17)5-3-9-2-4-11(14)20-9/h2-5,8,10,16H,6-7H2,1H3/b5-3+. The van der Waals surface area contributed by atoms with E-state index in [1.165, 1.54) is 29.4 Å². The van der Waals surface area contributed by atoms with Gasteiger partial charge < -0.3 is 14.7 Å². The van der Waals surface area contributed by atoms with E-state index in [2.05, 4.69) is 20.7 Å². The number of halogens is 1. The quantitative estimate of drug-likeness (QED) is 0.658. The summed E-state index contributed by atoms with van der Waals surface area (Å²) < 4.78 is 5.64. The Morgan fingerprint density at radius 3 is 2.90 bits per heavy atom. The van der Waals surface area contributed by atoms with Crippen LogP contribution in [0.25, 0.3) is 6.08 Å². The van der Waals surface area contributed by atoms with Gasteiger partial charge in [0.2, 0.25) is 5.91 Å². The highest BCUT2D eigenvalue weighted by atomic mass is 79.9. The number of thiophene rings is 1. The summed E-state index contributed by atoms with van der Waals surface area (Å²) in [5, 5.41) is 9.62. The zero-order valence-corrected chi connectivity index (χ0v) is 13.2. The van der Waals surface area contributed by atoms with Crippen molar-refractivity contribution in [2.45, 2.75) is 18.6 Å². The smallest absolute Gasteiger partial charge is 0.328 e. The van der Waals surface area contributed by atoms with E-state index in [1.807, 2.05) is 12.1 Å². The second-order valence-electron chi connectivity index (χ2n) is 4.39. The molecular formula is C13H14BrNO4S. The summed E-state index contributed by atoms with van der Waals surface area (Å²) in [6.45, 7) is 0.150. The van der Waals surface area contributed by atoms with Crippen molar-refractivity contribution in [3.8, 4) is 0 Å². The van der Waals surface area contributed by atoms with Gasteiger partial charge in [-0.15, -0.1) is 11.3 Å². The third kappa shape index (κ3) is 3.47. The Hall–Kier alpha value is -1.18.